The fourth-order valence-corrected chi connectivity index (χ4v) is 2.46. The SMILES string of the molecule is COc1cccc(NC(c2ccccc2)C2CC2)c1. The summed E-state index contributed by atoms with van der Waals surface area (Å²) in [5.74, 6) is 1.65. The number of nitrogens with one attached hydrogen (secondary N) is 1. The van der Waals surface area contributed by atoms with Crippen molar-refractivity contribution in [3.63, 3.8) is 0 Å². The minimum absolute atomic E-state index is 0.410. The second kappa shape index (κ2) is 5.35. The zero-order valence-corrected chi connectivity index (χ0v) is 11.2. The van der Waals surface area contributed by atoms with Crippen molar-refractivity contribution in [2.45, 2.75) is 18.9 Å². The highest BCUT2D eigenvalue weighted by Crippen LogP contribution is 2.43. The molecule has 0 aliphatic heterocycles. The highest BCUT2D eigenvalue weighted by molar-refractivity contribution is 5.50. The van der Waals surface area contributed by atoms with Gasteiger partial charge in [-0.3, -0.25) is 0 Å². The molecular formula is C17H19NO. The van der Waals surface area contributed by atoms with Crippen molar-refractivity contribution in [1.82, 2.24) is 0 Å². The molecule has 2 aromatic carbocycles. The predicted octanol–water partition coefficient (Wildman–Crippen LogP) is 4.26. The average molecular weight is 253 g/mol. The van der Waals surface area contributed by atoms with Gasteiger partial charge in [-0.15, -0.1) is 0 Å². The molecule has 2 heteroatoms. The molecule has 0 spiro atoms. The first-order chi connectivity index (χ1) is 9.36. The number of hydrogen-bond donors (Lipinski definition) is 1. The molecular weight excluding hydrogens is 234 g/mol. The van der Waals surface area contributed by atoms with Gasteiger partial charge in [0.15, 0.2) is 0 Å². The van der Waals surface area contributed by atoms with Gasteiger partial charge in [0.25, 0.3) is 0 Å². The van der Waals surface area contributed by atoms with Crippen molar-refractivity contribution >= 4 is 5.69 Å². The van der Waals surface area contributed by atoms with Crippen LogP contribution in [-0.2, 0) is 0 Å². The van der Waals surface area contributed by atoms with E-state index >= 15 is 0 Å². The van der Waals surface area contributed by atoms with Crippen LogP contribution >= 0.6 is 0 Å². The first-order valence-electron chi connectivity index (χ1n) is 6.82. The Labute approximate surface area is 114 Å². The van der Waals surface area contributed by atoms with Gasteiger partial charge in [0.2, 0.25) is 0 Å². The van der Waals surface area contributed by atoms with Gasteiger partial charge in [-0.2, -0.15) is 0 Å². The molecule has 2 nitrogen and oxygen atoms in total. The maximum Gasteiger partial charge on any atom is 0.120 e. The third-order valence-electron chi connectivity index (χ3n) is 3.64. The van der Waals surface area contributed by atoms with Crippen LogP contribution in [0.4, 0.5) is 5.69 Å². The quantitative estimate of drug-likeness (QED) is 0.859. The second-order valence-corrected chi connectivity index (χ2v) is 5.10. The first-order valence-corrected chi connectivity index (χ1v) is 6.82. The van der Waals surface area contributed by atoms with Crippen LogP contribution in [0.25, 0.3) is 0 Å². The summed E-state index contributed by atoms with van der Waals surface area (Å²) in [4.78, 5) is 0. The molecule has 0 aromatic heterocycles. The summed E-state index contributed by atoms with van der Waals surface area (Å²) in [6.07, 6.45) is 2.63. The van der Waals surface area contributed by atoms with Crippen LogP contribution in [0.3, 0.4) is 0 Å². The monoisotopic (exact) mass is 253 g/mol. The number of ether oxygens (including phenoxy) is 1. The van der Waals surface area contributed by atoms with E-state index < -0.39 is 0 Å². The maximum absolute atomic E-state index is 5.28. The van der Waals surface area contributed by atoms with E-state index in [2.05, 4.69) is 47.8 Å². The van der Waals surface area contributed by atoms with Crippen molar-refractivity contribution in [1.29, 1.82) is 0 Å². The Balaban J connectivity index is 1.82. The van der Waals surface area contributed by atoms with Gasteiger partial charge in [0.05, 0.1) is 13.2 Å². The van der Waals surface area contributed by atoms with Crippen molar-refractivity contribution < 1.29 is 4.74 Å². The van der Waals surface area contributed by atoms with Crippen molar-refractivity contribution in [2.24, 2.45) is 5.92 Å². The zero-order chi connectivity index (χ0) is 13.1. The van der Waals surface area contributed by atoms with Crippen molar-refractivity contribution in [2.75, 3.05) is 12.4 Å². The first kappa shape index (κ1) is 12.1. The van der Waals surface area contributed by atoms with E-state index in [1.165, 1.54) is 18.4 Å². The molecule has 98 valence electrons. The van der Waals surface area contributed by atoms with E-state index in [1.807, 2.05) is 12.1 Å². The molecule has 19 heavy (non-hydrogen) atoms. The number of rotatable bonds is 5. The number of benzene rings is 2. The van der Waals surface area contributed by atoms with E-state index in [9.17, 15) is 0 Å². The molecule has 1 saturated carbocycles. The van der Waals surface area contributed by atoms with Gasteiger partial charge in [0, 0.05) is 11.8 Å². The zero-order valence-electron chi connectivity index (χ0n) is 11.2. The summed E-state index contributed by atoms with van der Waals surface area (Å²) in [6, 6.07) is 19.3. The summed E-state index contributed by atoms with van der Waals surface area (Å²) in [5.41, 5.74) is 2.49. The minimum atomic E-state index is 0.410. The number of methoxy groups -OCH3 is 1. The van der Waals surface area contributed by atoms with E-state index in [-0.39, 0.29) is 0 Å². The Morgan fingerprint density at radius 2 is 1.84 bits per heavy atom. The van der Waals surface area contributed by atoms with E-state index in [4.69, 9.17) is 4.74 Å². The van der Waals surface area contributed by atoms with E-state index in [0.717, 1.165) is 17.4 Å². The Hall–Kier alpha value is -1.96. The lowest BCUT2D eigenvalue weighted by Crippen LogP contribution is -2.12. The molecule has 3 rings (SSSR count). The normalized spacial score (nSPS) is 15.8. The lowest BCUT2D eigenvalue weighted by Gasteiger charge is -2.20. The third-order valence-corrected chi connectivity index (χ3v) is 3.64. The van der Waals surface area contributed by atoms with Gasteiger partial charge in [-0.05, 0) is 36.5 Å². The molecule has 1 N–H and O–H groups in total. The molecule has 2 aromatic rings. The summed E-state index contributed by atoms with van der Waals surface area (Å²) < 4.78 is 5.28. The smallest absolute Gasteiger partial charge is 0.120 e. The molecule has 1 fully saturated rings. The summed E-state index contributed by atoms with van der Waals surface area (Å²) in [5, 5.41) is 3.65. The molecule has 0 saturated heterocycles. The molecule has 0 heterocycles. The number of anilines is 1. The van der Waals surface area contributed by atoms with Crippen LogP contribution in [0.5, 0.6) is 5.75 Å². The summed E-state index contributed by atoms with van der Waals surface area (Å²) >= 11 is 0. The topological polar surface area (TPSA) is 21.3 Å². The fourth-order valence-electron chi connectivity index (χ4n) is 2.46. The molecule has 0 bridgehead atoms. The van der Waals surface area contributed by atoms with Crippen LogP contribution in [0.15, 0.2) is 54.6 Å². The average Bonchev–Trinajstić information content (AvgIpc) is 3.30. The van der Waals surface area contributed by atoms with E-state index in [0.29, 0.717) is 6.04 Å². The fraction of sp³-hybridized carbons (Fsp3) is 0.294. The Bertz CT molecular complexity index is 534. The lowest BCUT2D eigenvalue weighted by atomic mass is 10.0. The summed E-state index contributed by atoms with van der Waals surface area (Å²) in [6.45, 7) is 0. The van der Waals surface area contributed by atoms with Crippen LogP contribution in [0.1, 0.15) is 24.4 Å². The van der Waals surface area contributed by atoms with Crippen LogP contribution < -0.4 is 10.1 Å². The highest BCUT2D eigenvalue weighted by atomic mass is 16.5. The van der Waals surface area contributed by atoms with Crippen LogP contribution in [0, 0.1) is 5.92 Å². The van der Waals surface area contributed by atoms with Crippen LogP contribution in [-0.4, -0.2) is 7.11 Å². The standard InChI is InChI=1S/C17H19NO/c1-19-16-9-5-8-15(12-16)18-17(14-10-11-14)13-6-3-2-4-7-13/h2-9,12,14,17-18H,10-11H2,1H3. The largest absolute Gasteiger partial charge is 0.497 e. The maximum atomic E-state index is 5.28. The number of hydrogen-bond acceptors (Lipinski definition) is 2. The van der Waals surface area contributed by atoms with Crippen LogP contribution in [0.2, 0.25) is 0 Å². The van der Waals surface area contributed by atoms with Gasteiger partial charge in [-0.25, -0.2) is 0 Å². The Kier molecular flexibility index (Phi) is 3.41. The third kappa shape index (κ3) is 2.90. The van der Waals surface area contributed by atoms with Crippen molar-refractivity contribution in [3.8, 4) is 5.75 Å². The van der Waals surface area contributed by atoms with Gasteiger partial charge < -0.3 is 10.1 Å². The van der Waals surface area contributed by atoms with Crippen molar-refractivity contribution in [3.05, 3.63) is 60.2 Å². The van der Waals surface area contributed by atoms with Gasteiger partial charge in [0.1, 0.15) is 5.75 Å². The van der Waals surface area contributed by atoms with E-state index in [1.54, 1.807) is 7.11 Å². The highest BCUT2D eigenvalue weighted by Gasteiger charge is 2.32. The molecule has 1 aliphatic carbocycles. The van der Waals surface area contributed by atoms with Gasteiger partial charge in [-0.1, -0.05) is 36.4 Å². The molecule has 0 amide bonds. The minimum Gasteiger partial charge on any atom is -0.497 e. The lowest BCUT2D eigenvalue weighted by molar-refractivity contribution is 0.415. The summed E-state index contributed by atoms with van der Waals surface area (Å²) in [7, 11) is 1.70. The Morgan fingerprint density at radius 1 is 1.05 bits per heavy atom. The predicted molar refractivity (Wildman–Crippen MR) is 78.5 cm³/mol. The Morgan fingerprint density at radius 3 is 2.53 bits per heavy atom. The second-order valence-electron chi connectivity index (χ2n) is 5.10. The molecule has 0 radical (unpaired) electrons. The molecule has 1 aliphatic rings. The van der Waals surface area contributed by atoms with Gasteiger partial charge >= 0.3 is 0 Å². The molecule has 1 atom stereocenters. The molecule has 1 unspecified atom stereocenters.